The van der Waals surface area contributed by atoms with E-state index in [0.29, 0.717) is 18.9 Å². The molecule has 1 rings (SSSR count). The number of carbonyl (C=O) groups is 1. The van der Waals surface area contributed by atoms with Crippen molar-refractivity contribution in [2.45, 2.75) is 19.4 Å². The number of amides is 1. The van der Waals surface area contributed by atoms with Gasteiger partial charge in [-0.05, 0) is 31.0 Å². The van der Waals surface area contributed by atoms with Gasteiger partial charge in [0.2, 0.25) is 0 Å². The van der Waals surface area contributed by atoms with E-state index in [1.165, 1.54) is 0 Å². The summed E-state index contributed by atoms with van der Waals surface area (Å²) < 4.78 is 5.01. The Bertz CT molecular complexity index is 403. The molecule has 0 aliphatic carbocycles. The molecule has 0 heterocycles. The van der Waals surface area contributed by atoms with Crippen LogP contribution < -0.4 is 5.32 Å². The average molecular weight is 272 g/mol. The molecule has 0 aromatic heterocycles. The summed E-state index contributed by atoms with van der Waals surface area (Å²) in [6.45, 7) is 2.24. The summed E-state index contributed by atoms with van der Waals surface area (Å²) in [6.07, 6.45) is 0.619. The molecule has 0 fully saturated rings. The molecule has 100 valence electrons. The first-order valence-electron chi connectivity index (χ1n) is 5.74. The summed E-state index contributed by atoms with van der Waals surface area (Å²) in [7, 11) is 1.57. The van der Waals surface area contributed by atoms with Crippen molar-refractivity contribution in [3.8, 4) is 5.75 Å². The van der Waals surface area contributed by atoms with Gasteiger partial charge in [0, 0.05) is 13.0 Å². The van der Waals surface area contributed by atoms with Crippen molar-refractivity contribution in [3.63, 3.8) is 0 Å². The Morgan fingerprint density at radius 3 is 2.83 bits per heavy atom. The molecule has 0 radical (unpaired) electrons. The number of hydrogen-bond donors (Lipinski definition) is 2. The lowest BCUT2D eigenvalue weighted by Crippen LogP contribution is -2.38. The molecule has 1 aromatic rings. The van der Waals surface area contributed by atoms with Crippen LogP contribution in [0.1, 0.15) is 22.3 Å². The number of phenols is 1. The number of ether oxygens (including phenoxy) is 1. The van der Waals surface area contributed by atoms with Gasteiger partial charge in [-0.1, -0.05) is 6.07 Å². The van der Waals surface area contributed by atoms with E-state index < -0.39 is 0 Å². The van der Waals surface area contributed by atoms with Crippen molar-refractivity contribution < 1.29 is 14.6 Å². The summed E-state index contributed by atoms with van der Waals surface area (Å²) in [5, 5.41) is 12.5. The summed E-state index contributed by atoms with van der Waals surface area (Å²) >= 11 is 5.66. The minimum absolute atomic E-state index is 0.0189. The molecule has 1 aromatic carbocycles. The second kappa shape index (κ2) is 7.24. The zero-order chi connectivity index (χ0) is 13.5. The van der Waals surface area contributed by atoms with Crippen LogP contribution in [0.15, 0.2) is 18.2 Å². The third-order valence-corrected chi connectivity index (χ3v) is 2.78. The zero-order valence-electron chi connectivity index (χ0n) is 10.6. The maximum atomic E-state index is 12.0. The van der Waals surface area contributed by atoms with E-state index in [1.807, 2.05) is 6.92 Å². The van der Waals surface area contributed by atoms with Crippen LogP contribution >= 0.6 is 11.6 Å². The monoisotopic (exact) mass is 271 g/mol. The molecular weight excluding hydrogens is 254 g/mol. The maximum absolute atomic E-state index is 12.0. The Morgan fingerprint density at radius 1 is 1.56 bits per heavy atom. The number of rotatable bonds is 6. The number of nitrogens with one attached hydrogen (secondary N) is 1. The number of carbonyl (C=O) groups excluding carboxylic acids is 1. The molecule has 0 aliphatic rings. The summed E-state index contributed by atoms with van der Waals surface area (Å²) in [4.78, 5) is 12.0. The molecule has 0 bridgehead atoms. The van der Waals surface area contributed by atoms with Crippen LogP contribution in [0.3, 0.4) is 0 Å². The van der Waals surface area contributed by atoms with Crippen molar-refractivity contribution in [2.24, 2.45) is 0 Å². The number of hydrogen-bond acceptors (Lipinski definition) is 3. The Balaban J connectivity index is 2.73. The van der Waals surface area contributed by atoms with Gasteiger partial charge in [-0.25, -0.2) is 0 Å². The number of aromatic hydroxyl groups is 1. The molecule has 1 atom stereocenters. The normalized spacial score (nSPS) is 12.2. The minimum Gasteiger partial charge on any atom is -0.507 e. The highest BCUT2D eigenvalue weighted by atomic mass is 35.5. The number of alkyl halides is 1. The van der Waals surface area contributed by atoms with Crippen LogP contribution in [0, 0.1) is 6.92 Å². The van der Waals surface area contributed by atoms with Gasteiger partial charge in [0.25, 0.3) is 5.91 Å². The fourth-order valence-corrected chi connectivity index (χ4v) is 1.89. The van der Waals surface area contributed by atoms with Crippen molar-refractivity contribution >= 4 is 17.5 Å². The summed E-state index contributed by atoms with van der Waals surface area (Å²) in [5.74, 6) is 0.1000. The first kappa shape index (κ1) is 14.8. The Kier molecular flexibility index (Phi) is 5.95. The van der Waals surface area contributed by atoms with E-state index in [1.54, 1.807) is 25.3 Å². The lowest BCUT2D eigenvalue weighted by molar-refractivity contribution is 0.0892. The van der Waals surface area contributed by atoms with E-state index in [2.05, 4.69) is 5.32 Å². The van der Waals surface area contributed by atoms with Crippen LogP contribution in [-0.4, -0.2) is 36.7 Å². The fourth-order valence-electron chi connectivity index (χ4n) is 1.63. The van der Waals surface area contributed by atoms with Crippen molar-refractivity contribution in [1.29, 1.82) is 0 Å². The van der Waals surface area contributed by atoms with E-state index >= 15 is 0 Å². The van der Waals surface area contributed by atoms with Gasteiger partial charge in [-0.3, -0.25) is 4.79 Å². The Morgan fingerprint density at radius 2 is 2.28 bits per heavy atom. The van der Waals surface area contributed by atoms with Crippen LogP contribution in [0.4, 0.5) is 0 Å². The molecule has 0 saturated carbocycles. The van der Waals surface area contributed by atoms with E-state index in [4.69, 9.17) is 16.3 Å². The van der Waals surface area contributed by atoms with Crippen LogP contribution in [0.2, 0.25) is 0 Å². The van der Waals surface area contributed by atoms with E-state index in [0.717, 1.165) is 5.56 Å². The van der Waals surface area contributed by atoms with E-state index in [9.17, 15) is 9.90 Å². The largest absolute Gasteiger partial charge is 0.507 e. The average Bonchev–Trinajstić information content (AvgIpc) is 2.29. The van der Waals surface area contributed by atoms with Gasteiger partial charge in [0.1, 0.15) is 5.75 Å². The Hall–Kier alpha value is -1.26. The predicted molar refractivity (Wildman–Crippen MR) is 71.3 cm³/mol. The predicted octanol–water partition coefficient (Wildman–Crippen LogP) is 2.07. The maximum Gasteiger partial charge on any atom is 0.255 e. The van der Waals surface area contributed by atoms with Crippen molar-refractivity contribution in [1.82, 2.24) is 5.32 Å². The van der Waals surface area contributed by atoms with Crippen LogP contribution in [-0.2, 0) is 4.74 Å². The number of phenolic OH excluding ortho intramolecular Hbond substituents is 1. The lowest BCUT2D eigenvalue weighted by Gasteiger charge is -2.17. The molecular formula is C13H18ClNO3. The lowest BCUT2D eigenvalue weighted by atomic mass is 10.1. The first-order chi connectivity index (χ1) is 8.58. The van der Waals surface area contributed by atoms with Crippen molar-refractivity contribution in [3.05, 3.63) is 29.3 Å². The van der Waals surface area contributed by atoms with Gasteiger partial charge in [-0.15, -0.1) is 11.6 Å². The molecule has 5 heteroatoms. The van der Waals surface area contributed by atoms with Gasteiger partial charge < -0.3 is 15.2 Å². The second-order valence-electron chi connectivity index (χ2n) is 4.12. The molecule has 1 unspecified atom stereocenters. The van der Waals surface area contributed by atoms with Crippen LogP contribution in [0.5, 0.6) is 5.75 Å². The van der Waals surface area contributed by atoms with Gasteiger partial charge in [-0.2, -0.15) is 0 Å². The van der Waals surface area contributed by atoms with Gasteiger partial charge in [0.05, 0.1) is 18.2 Å². The highest BCUT2D eigenvalue weighted by Crippen LogP contribution is 2.18. The molecule has 0 spiro atoms. The zero-order valence-corrected chi connectivity index (χ0v) is 11.3. The molecule has 1 amide bonds. The number of halogens is 1. The third-order valence-electron chi connectivity index (χ3n) is 2.56. The molecule has 18 heavy (non-hydrogen) atoms. The molecule has 4 nitrogen and oxygen atoms in total. The number of aryl methyl sites for hydroxylation is 1. The Labute approximate surface area is 112 Å². The van der Waals surface area contributed by atoms with Gasteiger partial charge >= 0.3 is 0 Å². The quantitative estimate of drug-likeness (QED) is 0.779. The minimum atomic E-state index is -0.320. The van der Waals surface area contributed by atoms with E-state index in [-0.39, 0.29) is 23.3 Å². The summed E-state index contributed by atoms with van der Waals surface area (Å²) in [5.41, 5.74) is 1.16. The highest BCUT2D eigenvalue weighted by Gasteiger charge is 2.16. The summed E-state index contributed by atoms with van der Waals surface area (Å²) in [6, 6.07) is 4.79. The number of benzene rings is 1. The third kappa shape index (κ3) is 4.20. The second-order valence-corrected chi connectivity index (χ2v) is 4.50. The van der Waals surface area contributed by atoms with Gasteiger partial charge in [0.15, 0.2) is 0 Å². The topological polar surface area (TPSA) is 58.6 Å². The number of methoxy groups -OCH3 is 1. The molecule has 2 N–H and O–H groups in total. The highest BCUT2D eigenvalue weighted by molar-refractivity contribution is 6.17. The van der Waals surface area contributed by atoms with Crippen molar-refractivity contribution in [2.75, 3.05) is 19.6 Å². The smallest absolute Gasteiger partial charge is 0.255 e. The first-order valence-corrected chi connectivity index (χ1v) is 6.27. The standard InChI is InChI=1S/C13H18ClNO3/c1-9-3-4-11(12(16)7-9)13(17)15-10(5-6-14)8-18-2/h3-4,7,10,16H,5-6,8H2,1-2H3,(H,15,17). The van der Waals surface area contributed by atoms with Crippen LogP contribution in [0.25, 0.3) is 0 Å². The fraction of sp³-hybridized carbons (Fsp3) is 0.462. The SMILES string of the molecule is COCC(CCCl)NC(=O)c1ccc(C)cc1O. The molecule has 0 aliphatic heterocycles. The molecule has 0 saturated heterocycles.